The molecule has 0 spiro atoms. The number of nitrogens with zero attached hydrogens (tertiary/aromatic N) is 4. The van der Waals surface area contributed by atoms with Gasteiger partial charge >= 0.3 is 0 Å². The molecule has 0 aliphatic heterocycles. The Labute approximate surface area is 147 Å². The highest BCUT2D eigenvalue weighted by molar-refractivity contribution is 5.78. The first-order chi connectivity index (χ1) is 12.0. The van der Waals surface area contributed by atoms with Gasteiger partial charge in [0.15, 0.2) is 0 Å². The molecule has 0 aliphatic carbocycles. The van der Waals surface area contributed by atoms with E-state index in [0.717, 1.165) is 17.0 Å². The Morgan fingerprint density at radius 1 is 1.28 bits per heavy atom. The lowest BCUT2D eigenvalue weighted by Gasteiger charge is -2.14. The van der Waals surface area contributed by atoms with E-state index in [2.05, 4.69) is 27.5 Å². The van der Waals surface area contributed by atoms with Crippen LogP contribution in [0.2, 0.25) is 0 Å². The van der Waals surface area contributed by atoms with E-state index in [0.29, 0.717) is 13.0 Å². The topological polar surface area (TPSA) is 64.7 Å². The van der Waals surface area contributed by atoms with E-state index in [1.165, 1.54) is 5.56 Å². The minimum absolute atomic E-state index is 0.0226. The van der Waals surface area contributed by atoms with Crippen LogP contribution in [0.1, 0.15) is 35.5 Å². The standard InChI is InChI=1S/C19H23N5O/c1-14(18-12-23(3)22-15(18)2)21-19(25)9-17-10-20-13-24(17)11-16-7-5-4-6-8-16/h4-8,10,12-14H,9,11H2,1-3H3,(H,21,25)/t14-/m1/s1. The highest BCUT2D eigenvalue weighted by Crippen LogP contribution is 2.16. The number of hydrogen-bond donors (Lipinski definition) is 1. The van der Waals surface area contributed by atoms with Crippen LogP contribution in [0.25, 0.3) is 0 Å². The van der Waals surface area contributed by atoms with E-state index < -0.39 is 0 Å². The first-order valence-corrected chi connectivity index (χ1v) is 8.35. The van der Waals surface area contributed by atoms with Gasteiger partial charge in [-0.2, -0.15) is 5.10 Å². The molecule has 0 saturated carbocycles. The molecule has 6 heteroatoms. The van der Waals surface area contributed by atoms with E-state index >= 15 is 0 Å². The zero-order valence-electron chi connectivity index (χ0n) is 14.8. The smallest absolute Gasteiger partial charge is 0.226 e. The molecule has 1 aromatic carbocycles. The normalized spacial score (nSPS) is 12.1. The fraction of sp³-hybridized carbons (Fsp3) is 0.316. The van der Waals surface area contributed by atoms with Gasteiger partial charge in [-0.1, -0.05) is 30.3 Å². The van der Waals surface area contributed by atoms with Gasteiger partial charge in [0, 0.05) is 37.2 Å². The first-order valence-electron chi connectivity index (χ1n) is 8.35. The van der Waals surface area contributed by atoms with Gasteiger partial charge in [0.05, 0.1) is 24.5 Å². The molecule has 1 atom stereocenters. The number of carbonyl (C=O) groups is 1. The summed E-state index contributed by atoms with van der Waals surface area (Å²) < 4.78 is 3.77. The van der Waals surface area contributed by atoms with Crippen molar-refractivity contribution in [3.8, 4) is 0 Å². The van der Waals surface area contributed by atoms with E-state index in [9.17, 15) is 4.79 Å². The average molecular weight is 337 g/mol. The highest BCUT2D eigenvalue weighted by atomic mass is 16.1. The molecule has 0 aliphatic rings. The molecule has 130 valence electrons. The monoisotopic (exact) mass is 337 g/mol. The number of aromatic nitrogens is 4. The minimum Gasteiger partial charge on any atom is -0.349 e. The van der Waals surface area contributed by atoms with Crippen LogP contribution < -0.4 is 5.32 Å². The van der Waals surface area contributed by atoms with E-state index in [-0.39, 0.29) is 11.9 Å². The van der Waals surface area contributed by atoms with Crippen LogP contribution in [0.4, 0.5) is 0 Å². The fourth-order valence-corrected chi connectivity index (χ4v) is 3.00. The summed E-state index contributed by atoms with van der Waals surface area (Å²) >= 11 is 0. The molecule has 0 radical (unpaired) electrons. The van der Waals surface area contributed by atoms with Gasteiger partial charge in [-0.25, -0.2) is 4.98 Å². The molecule has 3 rings (SSSR count). The van der Waals surface area contributed by atoms with E-state index in [4.69, 9.17) is 0 Å². The summed E-state index contributed by atoms with van der Waals surface area (Å²) in [6, 6.07) is 10.1. The lowest BCUT2D eigenvalue weighted by Crippen LogP contribution is -2.29. The largest absolute Gasteiger partial charge is 0.349 e. The van der Waals surface area contributed by atoms with E-state index in [1.54, 1.807) is 17.2 Å². The van der Waals surface area contributed by atoms with Crippen molar-refractivity contribution in [1.29, 1.82) is 0 Å². The SMILES string of the molecule is Cc1nn(C)cc1[C@@H](C)NC(=O)Cc1cncn1Cc1ccccc1. The van der Waals surface area contributed by atoms with Crippen molar-refractivity contribution < 1.29 is 4.79 Å². The van der Waals surface area contributed by atoms with Crippen molar-refractivity contribution in [3.63, 3.8) is 0 Å². The van der Waals surface area contributed by atoms with Crippen molar-refractivity contribution >= 4 is 5.91 Å². The zero-order chi connectivity index (χ0) is 17.8. The summed E-state index contributed by atoms with van der Waals surface area (Å²) in [6.45, 7) is 4.64. The van der Waals surface area contributed by atoms with Crippen molar-refractivity contribution in [1.82, 2.24) is 24.6 Å². The van der Waals surface area contributed by atoms with Crippen molar-refractivity contribution in [2.45, 2.75) is 32.9 Å². The molecular weight excluding hydrogens is 314 g/mol. The number of imidazole rings is 1. The maximum absolute atomic E-state index is 12.4. The molecule has 3 aromatic rings. The van der Waals surface area contributed by atoms with Crippen LogP contribution in [0.3, 0.4) is 0 Å². The molecule has 6 nitrogen and oxygen atoms in total. The number of amides is 1. The van der Waals surface area contributed by atoms with Gasteiger partial charge < -0.3 is 9.88 Å². The summed E-state index contributed by atoms with van der Waals surface area (Å²) in [6.07, 6.45) is 5.77. The Morgan fingerprint density at radius 3 is 2.72 bits per heavy atom. The minimum atomic E-state index is -0.0771. The summed E-state index contributed by atoms with van der Waals surface area (Å²) in [5.41, 5.74) is 4.05. The van der Waals surface area contributed by atoms with Gasteiger partial charge in [0.1, 0.15) is 0 Å². The zero-order valence-corrected chi connectivity index (χ0v) is 14.8. The Balaban J connectivity index is 1.64. The second-order valence-corrected chi connectivity index (χ2v) is 6.31. The summed E-state index contributed by atoms with van der Waals surface area (Å²) in [4.78, 5) is 16.6. The molecule has 2 heterocycles. The average Bonchev–Trinajstić information content (AvgIpc) is 3.14. The van der Waals surface area contributed by atoms with Crippen LogP contribution in [0.15, 0.2) is 49.1 Å². The van der Waals surface area contributed by atoms with Crippen LogP contribution in [0, 0.1) is 6.92 Å². The van der Waals surface area contributed by atoms with Crippen molar-refractivity contribution in [3.05, 3.63) is 71.6 Å². The lowest BCUT2D eigenvalue weighted by atomic mass is 10.1. The first kappa shape index (κ1) is 17.0. The van der Waals surface area contributed by atoms with E-state index in [1.807, 2.05) is 49.9 Å². The predicted octanol–water partition coefficient (Wildman–Crippen LogP) is 2.39. The third kappa shape index (κ3) is 4.15. The number of nitrogens with one attached hydrogen (secondary N) is 1. The molecular formula is C19H23N5O. The summed E-state index contributed by atoms with van der Waals surface area (Å²) in [5, 5.41) is 7.37. The Hall–Kier alpha value is -2.89. The maximum atomic E-state index is 12.4. The Kier molecular flexibility index (Phi) is 4.97. The van der Waals surface area contributed by atoms with Gasteiger partial charge in [-0.15, -0.1) is 0 Å². The second-order valence-electron chi connectivity index (χ2n) is 6.31. The molecule has 0 bridgehead atoms. The van der Waals surface area contributed by atoms with Crippen molar-refractivity contribution in [2.24, 2.45) is 7.05 Å². The van der Waals surface area contributed by atoms with Crippen LogP contribution in [-0.4, -0.2) is 25.2 Å². The maximum Gasteiger partial charge on any atom is 0.226 e. The quantitative estimate of drug-likeness (QED) is 0.751. The lowest BCUT2D eigenvalue weighted by molar-refractivity contribution is -0.121. The molecule has 1 N–H and O–H groups in total. The fourth-order valence-electron chi connectivity index (χ4n) is 3.00. The summed E-state index contributed by atoms with van der Waals surface area (Å²) in [5.74, 6) is -0.0226. The van der Waals surface area contributed by atoms with Crippen LogP contribution in [-0.2, 0) is 24.8 Å². The van der Waals surface area contributed by atoms with Crippen LogP contribution in [0.5, 0.6) is 0 Å². The molecule has 1 amide bonds. The molecule has 0 fully saturated rings. The molecule has 2 aromatic heterocycles. The number of aryl methyl sites for hydroxylation is 2. The molecule has 0 saturated heterocycles. The van der Waals surface area contributed by atoms with Gasteiger partial charge in [-0.05, 0) is 19.4 Å². The second kappa shape index (κ2) is 7.34. The van der Waals surface area contributed by atoms with Crippen molar-refractivity contribution in [2.75, 3.05) is 0 Å². The van der Waals surface area contributed by atoms with Gasteiger partial charge in [0.25, 0.3) is 0 Å². The van der Waals surface area contributed by atoms with Crippen LogP contribution >= 0.6 is 0 Å². The Bertz CT molecular complexity index is 850. The predicted molar refractivity (Wildman–Crippen MR) is 96.0 cm³/mol. The number of benzene rings is 1. The summed E-state index contributed by atoms with van der Waals surface area (Å²) in [7, 11) is 1.88. The number of rotatable bonds is 6. The Morgan fingerprint density at radius 2 is 2.04 bits per heavy atom. The van der Waals surface area contributed by atoms with Gasteiger partial charge in [0.2, 0.25) is 5.91 Å². The number of carbonyl (C=O) groups excluding carboxylic acids is 1. The third-order valence-electron chi connectivity index (χ3n) is 4.23. The third-order valence-corrected chi connectivity index (χ3v) is 4.23. The molecule has 25 heavy (non-hydrogen) atoms. The number of hydrogen-bond acceptors (Lipinski definition) is 3. The highest BCUT2D eigenvalue weighted by Gasteiger charge is 2.16. The van der Waals surface area contributed by atoms with Gasteiger partial charge in [-0.3, -0.25) is 9.48 Å². The molecule has 0 unspecified atom stereocenters.